The van der Waals surface area contributed by atoms with E-state index >= 15 is 0 Å². The van der Waals surface area contributed by atoms with Gasteiger partial charge in [-0.2, -0.15) is 4.98 Å². The molecule has 2 heterocycles. The van der Waals surface area contributed by atoms with Crippen molar-refractivity contribution < 1.29 is 9.26 Å². The van der Waals surface area contributed by atoms with Crippen LogP contribution in [-0.2, 0) is 17.7 Å². The number of aromatic nitrogens is 2. The predicted molar refractivity (Wildman–Crippen MR) is 70.7 cm³/mol. The number of morpholine rings is 1. The fourth-order valence-electron chi connectivity index (χ4n) is 3.25. The Morgan fingerprint density at radius 1 is 1.32 bits per heavy atom. The maximum absolute atomic E-state index is 6.03. The van der Waals surface area contributed by atoms with Gasteiger partial charge in [-0.05, 0) is 19.3 Å². The SMILES string of the molecule is CCCc1noc(CN2CCOC3(CCCC3)C2)n1. The van der Waals surface area contributed by atoms with E-state index in [1.165, 1.54) is 25.7 Å². The van der Waals surface area contributed by atoms with E-state index in [1.807, 2.05) is 0 Å². The van der Waals surface area contributed by atoms with Crippen molar-refractivity contribution in [3.8, 4) is 0 Å². The quantitative estimate of drug-likeness (QED) is 0.835. The normalized spacial score (nSPS) is 23.2. The van der Waals surface area contributed by atoms with E-state index in [1.54, 1.807) is 0 Å². The Labute approximate surface area is 114 Å². The van der Waals surface area contributed by atoms with Gasteiger partial charge in [0.1, 0.15) is 0 Å². The van der Waals surface area contributed by atoms with Crippen LogP contribution in [0.15, 0.2) is 4.52 Å². The van der Waals surface area contributed by atoms with Crippen LogP contribution in [0.25, 0.3) is 0 Å². The zero-order valence-corrected chi connectivity index (χ0v) is 11.7. The van der Waals surface area contributed by atoms with Crippen molar-refractivity contribution in [1.82, 2.24) is 15.0 Å². The van der Waals surface area contributed by atoms with Gasteiger partial charge in [0.25, 0.3) is 0 Å². The molecule has 1 spiro atoms. The van der Waals surface area contributed by atoms with Crippen LogP contribution in [0.2, 0.25) is 0 Å². The molecule has 1 aromatic rings. The van der Waals surface area contributed by atoms with Crippen LogP contribution in [0.5, 0.6) is 0 Å². The average Bonchev–Trinajstić information content (AvgIpc) is 3.01. The number of hydrogen-bond donors (Lipinski definition) is 0. The minimum atomic E-state index is 0.116. The lowest BCUT2D eigenvalue weighted by Crippen LogP contribution is -2.49. The largest absolute Gasteiger partial charge is 0.372 e. The van der Waals surface area contributed by atoms with E-state index in [4.69, 9.17) is 9.26 Å². The molecule has 0 bridgehead atoms. The zero-order chi connectivity index (χ0) is 13.1. The van der Waals surface area contributed by atoms with Crippen molar-refractivity contribution >= 4 is 0 Å². The second-order valence-corrected chi connectivity index (χ2v) is 5.80. The van der Waals surface area contributed by atoms with Gasteiger partial charge in [-0.1, -0.05) is 24.9 Å². The van der Waals surface area contributed by atoms with E-state index in [0.717, 1.165) is 50.8 Å². The molecule has 106 valence electrons. The van der Waals surface area contributed by atoms with Crippen molar-refractivity contribution in [2.75, 3.05) is 19.7 Å². The second kappa shape index (κ2) is 5.59. The molecule has 0 atom stereocenters. The van der Waals surface area contributed by atoms with E-state index in [9.17, 15) is 0 Å². The molecular formula is C14H23N3O2. The van der Waals surface area contributed by atoms with Crippen molar-refractivity contribution in [1.29, 1.82) is 0 Å². The van der Waals surface area contributed by atoms with Crippen molar-refractivity contribution in [3.05, 3.63) is 11.7 Å². The minimum absolute atomic E-state index is 0.116. The molecule has 0 unspecified atom stereocenters. The van der Waals surface area contributed by atoms with Crippen molar-refractivity contribution in [2.24, 2.45) is 0 Å². The second-order valence-electron chi connectivity index (χ2n) is 5.80. The maximum Gasteiger partial charge on any atom is 0.240 e. The maximum atomic E-state index is 6.03. The summed E-state index contributed by atoms with van der Waals surface area (Å²) in [6, 6.07) is 0. The molecule has 0 amide bonds. The molecule has 1 aromatic heterocycles. The van der Waals surface area contributed by atoms with Crippen LogP contribution in [0.3, 0.4) is 0 Å². The Kier molecular flexibility index (Phi) is 3.84. The van der Waals surface area contributed by atoms with Gasteiger partial charge in [-0.25, -0.2) is 0 Å². The summed E-state index contributed by atoms with van der Waals surface area (Å²) in [6.45, 7) is 5.70. The third-order valence-electron chi connectivity index (χ3n) is 4.18. The van der Waals surface area contributed by atoms with E-state index < -0.39 is 0 Å². The van der Waals surface area contributed by atoms with Gasteiger partial charge in [0, 0.05) is 19.5 Å². The van der Waals surface area contributed by atoms with Gasteiger partial charge in [0.15, 0.2) is 5.82 Å². The predicted octanol–water partition coefficient (Wildman–Crippen LogP) is 2.17. The Balaban J connectivity index is 1.59. The summed E-state index contributed by atoms with van der Waals surface area (Å²) in [5.74, 6) is 1.58. The Bertz CT molecular complexity index is 413. The average molecular weight is 265 g/mol. The first-order chi connectivity index (χ1) is 9.30. The molecule has 1 saturated carbocycles. The standard InChI is InChI=1S/C14H23N3O2/c1-2-5-12-15-13(19-16-12)10-17-8-9-18-14(11-17)6-3-4-7-14/h2-11H2,1H3. The van der Waals surface area contributed by atoms with Gasteiger partial charge in [0.05, 0.1) is 18.8 Å². The first-order valence-electron chi connectivity index (χ1n) is 7.47. The molecule has 5 nitrogen and oxygen atoms in total. The van der Waals surface area contributed by atoms with Crippen LogP contribution < -0.4 is 0 Å². The third kappa shape index (κ3) is 2.98. The molecule has 2 aliphatic rings. The van der Waals surface area contributed by atoms with Gasteiger partial charge in [-0.15, -0.1) is 0 Å². The van der Waals surface area contributed by atoms with Crippen LogP contribution in [0.4, 0.5) is 0 Å². The number of aryl methyl sites for hydroxylation is 1. The molecule has 0 aromatic carbocycles. The highest BCUT2D eigenvalue weighted by atomic mass is 16.5. The highest BCUT2D eigenvalue weighted by Gasteiger charge is 2.39. The molecule has 2 fully saturated rings. The molecule has 3 rings (SSSR count). The Morgan fingerprint density at radius 3 is 2.95 bits per heavy atom. The highest BCUT2D eigenvalue weighted by Crippen LogP contribution is 2.36. The number of nitrogens with zero attached hydrogens (tertiary/aromatic N) is 3. The number of hydrogen-bond acceptors (Lipinski definition) is 5. The van der Waals surface area contributed by atoms with Gasteiger partial charge in [0.2, 0.25) is 5.89 Å². The molecule has 1 aliphatic carbocycles. The van der Waals surface area contributed by atoms with Gasteiger partial charge < -0.3 is 9.26 Å². The number of rotatable bonds is 4. The summed E-state index contributed by atoms with van der Waals surface area (Å²) in [5, 5.41) is 4.02. The fraction of sp³-hybridized carbons (Fsp3) is 0.857. The Hall–Kier alpha value is -0.940. The molecule has 1 saturated heterocycles. The third-order valence-corrected chi connectivity index (χ3v) is 4.18. The van der Waals surface area contributed by atoms with Crippen LogP contribution >= 0.6 is 0 Å². The monoisotopic (exact) mass is 265 g/mol. The summed E-state index contributed by atoms with van der Waals surface area (Å²) < 4.78 is 11.4. The number of ether oxygens (including phenoxy) is 1. The van der Waals surface area contributed by atoms with E-state index in [0.29, 0.717) is 0 Å². The lowest BCUT2D eigenvalue weighted by Gasteiger charge is -2.39. The Morgan fingerprint density at radius 2 is 2.16 bits per heavy atom. The topological polar surface area (TPSA) is 51.4 Å². The molecule has 19 heavy (non-hydrogen) atoms. The summed E-state index contributed by atoms with van der Waals surface area (Å²) in [4.78, 5) is 6.85. The molecular weight excluding hydrogens is 242 g/mol. The summed E-state index contributed by atoms with van der Waals surface area (Å²) in [5.41, 5.74) is 0.116. The summed E-state index contributed by atoms with van der Waals surface area (Å²) >= 11 is 0. The van der Waals surface area contributed by atoms with Gasteiger partial charge >= 0.3 is 0 Å². The molecule has 5 heteroatoms. The summed E-state index contributed by atoms with van der Waals surface area (Å²) in [6.07, 6.45) is 6.96. The fourth-order valence-corrected chi connectivity index (χ4v) is 3.25. The lowest BCUT2D eigenvalue weighted by molar-refractivity contribution is -0.108. The lowest BCUT2D eigenvalue weighted by atomic mass is 10.00. The zero-order valence-electron chi connectivity index (χ0n) is 11.7. The van der Waals surface area contributed by atoms with Crippen LogP contribution in [0, 0.1) is 0 Å². The van der Waals surface area contributed by atoms with Crippen molar-refractivity contribution in [3.63, 3.8) is 0 Å². The van der Waals surface area contributed by atoms with Crippen LogP contribution in [0.1, 0.15) is 50.7 Å². The molecule has 1 aliphatic heterocycles. The first kappa shape index (κ1) is 13.1. The van der Waals surface area contributed by atoms with E-state index in [-0.39, 0.29) is 5.60 Å². The smallest absolute Gasteiger partial charge is 0.240 e. The van der Waals surface area contributed by atoms with E-state index in [2.05, 4.69) is 22.0 Å². The first-order valence-corrected chi connectivity index (χ1v) is 7.47. The van der Waals surface area contributed by atoms with Gasteiger partial charge in [-0.3, -0.25) is 4.90 Å². The van der Waals surface area contributed by atoms with Crippen molar-refractivity contribution in [2.45, 2.75) is 57.6 Å². The highest BCUT2D eigenvalue weighted by molar-refractivity contribution is 4.94. The molecule has 0 N–H and O–H groups in total. The minimum Gasteiger partial charge on any atom is -0.372 e. The van der Waals surface area contributed by atoms with Crippen LogP contribution in [-0.4, -0.2) is 40.3 Å². The molecule has 0 radical (unpaired) electrons. The summed E-state index contributed by atoms with van der Waals surface area (Å²) in [7, 11) is 0.